The van der Waals surface area contributed by atoms with Gasteiger partial charge >= 0.3 is 35.8 Å². The number of nitrogens with zero attached hydrogens (tertiary/aromatic N) is 6. The highest BCUT2D eigenvalue weighted by atomic mass is 16.8. The first-order valence-electron chi connectivity index (χ1n) is 13.2. The fraction of sp³-hybridized carbons (Fsp3) is 0.750. The van der Waals surface area contributed by atoms with Crippen molar-refractivity contribution in [3.8, 4) is 0 Å². The number of azide groups is 2. The second kappa shape index (κ2) is 17.0. The number of carbonyl (C=O) groups is 6. The van der Waals surface area contributed by atoms with Crippen LogP contribution in [0.25, 0.3) is 20.9 Å². The van der Waals surface area contributed by atoms with Crippen molar-refractivity contribution in [1.82, 2.24) is 0 Å². The largest absolute Gasteiger partial charge is 0.456 e. The quantitative estimate of drug-likeness (QED) is 0.0927. The lowest BCUT2D eigenvalue weighted by atomic mass is 9.96. The van der Waals surface area contributed by atoms with Crippen LogP contribution in [0.15, 0.2) is 10.2 Å². The standard InChI is InChI=1S/C24H32N6O15/c1-9(31)37-17-15(7-27-29-25)43-23(21(41-13(5)35)19(17)39-11(3)33)45-24-22(42-14(6)36)20(40-12(4)34)18(38-10(2)32)16(44-24)8-28-30-26/h15-24H,7-8H2,1-6H3/t15?,16?,17-,18-,19-,20?,21?,22?,23-,24-/m0/s1. The zero-order chi connectivity index (χ0) is 33.8. The highest BCUT2D eigenvalue weighted by Crippen LogP contribution is 2.35. The molecule has 2 heterocycles. The molecule has 0 bridgehead atoms. The Morgan fingerprint density at radius 3 is 1.04 bits per heavy atom. The average molecular weight is 645 g/mol. The monoisotopic (exact) mass is 644 g/mol. The van der Waals surface area contributed by atoms with E-state index in [0.29, 0.717) is 0 Å². The van der Waals surface area contributed by atoms with Gasteiger partial charge in [-0.25, -0.2) is 0 Å². The lowest BCUT2D eigenvalue weighted by molar-refractivity contribution is -0.373. The minimum atomic E-state index is -1.81. The second-order valence-corrected chi connectivity index (χ2v) is 9.49. The van der Waals surface area contributed by atoms with Gasteiger partial charge in [0.1, 0.15) is 12.2 Å². The molecule has 2 fully saturated rings. The predicted octanol–water partition coefficient (Wildman–Crippen LogP) is 0.664. The van der Waals surface area contributed by atoms with Crippen LogP contribution in [0.1, 0.15) is 41.5 Å². The Balaban J connectivity index is 2.69. The van der Waals surface area contributed by atoms with E-state index in [1.54, 1.807) is 0 Å². The third kappa shape index (κ3) is 10.8. The first-order valence-corrected chi connectivity index (χ1v) is 13.2. The zero-order valence-electron chi connectivity index (χ0n) is 25.0. The number of esters is 6. The molecule has 0 N–H and O–H groups in total. The fourth-order valence-corrected chi connectivity index (χ4v) is 4.59. The molecule has 248 valence electrons. The normalized spacial score (nSPS) is 30.6. The van der Waals surface area contributed by atoms with E-state index >= 15 is 0 Å². The summed E-state index contributed by atoms with van der Waals surface area (Å²) in [4.78, 5) is 77.7. The molecule has 0 spiro atoms. The van der Waals surface area contributed by atoms with Crippen LogP contribution in [0.3, 0.4) is 0 Å². The van der Waals surface area contributed by atoms with Crippen molar-refractivity contribution in [1.29, 1.82) is 0 Å². The van der Waals surface area contributed by atoms with Crippen LogP contribution in [0.5, 0.6) is 0 Å². The summed E-state index contributed by atoms with van der Waals surface area (Å²) in [5.41, 5.74) is 17.8. The van der Waals surface area contributed by atoms with Crippen LogP contribution in [-0.4, -0.2) is 110 Å². The Hall–Kier alpha value is -4.68. The molecule has 0 aromatic heterocycles. The Bertz CT molecular complexity index is 1140. The van der Waals surface area contributed by atoms with Gasteiger partial charge in [0.25, 0.3) is 0 Å². The number of hydrogen-bond donors (Lipinski definition) is 0. The third-order valence-electron chi connectivity index (χ3n) is 5.91. The SMILES string of the molecule is CC(=O)OC1C(OC(C)=O)[C@@H](OC(C)=O)C(CN=[N+]=[N-])O[C@H]1O[C@@H]1OC(CN=[N+]=[N-])[C@H](OC(C)=O)[C@H](OC(C)=O)C1OC(C)=O. The molecule has 2 saturated heterocycles. The highest BCUT2D eigenvalue weighted by Gasteiger charge is 2.57. The van der Waals surface area contributed by atoms with Crippen molar-refractivity contribution in [3.05, 3.63) is 20.9 Å². The molecule has 2 aliphatic rings. The maximum atomic E-state index is 12.2. The van der Waals surface area contributed by atoms with Gasteiger partial charge in [0, 0.05) is 51.4 Å². The van der Waals surface area contributed by atoms with Crippen LogP contribution >= 0.6 is 0 Å². The molecule has 0 aliphatic carbocycles. The predicted molar refractivity (Wildman–Crippen MR) is 140 cm³/mol. The number of rotatable bonds is 12. The summed E-state index contributed by atoms with van der Waals surface area (Å²) >= 11 is 0. The summed E-state index contributed by atoms with van der Waals surface area (Å²) in [6, 6.07) is 0. The maximum absolute atomic E-state index is 12.2. The summed E-state index contributed by atoms with van der Waals surface area (Å²) in [5.74, 6) is -5.39. The van der Waals surface area contributed by atoms with Gasteiger partial charge in [0.2, 0.25) is 12.6 Å². The second-order valence-electron chi connectivity index (χ2n) is 9.49. The van der Waals surface area contributed by atoms with Gasteiger partial charge in [-0.15, -0.1) is 0 Å². The van der Waals surface area contributed by atoms with Gasteiger partial charge in [0.05, 0.1) is 13.1 Å². The third-order valence-corrected chi connectivity index (χ3v) is 5.91. The van der Waals surface area contributed by atoms with Gasteiger partial charge in [-0.2, -0.15) is 0 Å². The minimum Gasteiger partial charge on any atom is -0.456 e. The molecule has 45 heavy (non-hydrogen) atoms. The first-order chi connectivity index (χ1) is 21.2. The molecule has 21 nitrogen and oxygen atoms in total. The molecule has 2 rings (SSSR count). The summed E-state index contributed by atoms with van der Waals surface area (Å²) in [6.07, 6.45) is -16.0. The molecule has 21 heteroatoms. The van der Waals surface area contributed by atoms with Crippen LogP contribution in [-0.2, 0) is 71.4 Å². The van der Waals surface area contributed by atoms with Crippen molar-refractivity contribution in [2.75, 3.05) is 13.1 Å². The topological polar surface area (TPSA) is 283 Å². The Labute approximate surface area is 254 Å². The molecule has 10 atom stereocenters. The van der Waals surface area contributed by atoms with E-state index in [-0.39, 0.29) is 0 Å². The van der Waals surface area contributed by atoms with E-state index in [1.165, 1.54) is 0 Å². The van der Waals surface area contributed by atoms with Crippen LogP contribution in [0.4, 0.5) is 0 Å². The van der Waals surface area contributed by atoms with E-state index in [9.17, 15) is 28.8 Å². The number of hydrogen-bond acceptors (Lipinski definition) is 17. The summed E-state index contributed by atoms with van der Waals surface area (Å²) < 4.78 is 49.7. The van der Waals surface area contributed by atoms with E-state index in [2.05, 4.69) is 20.1 Å². The Morgan fingerprint density at radius 2 is 0.778 bits per heavy atom. The molecular formula is C24H32N6O15. The highest BCUT2D eigenvalue weighted by molar-refractivity contribution is 5.69. The smallest absolute Gasteiger partial charge is 0.303 e. The zero-order valence-corrected chi connectivity index (χ0v) is 25.0. The molecule has 0 aromatic rings. The Morgan fingerprint density at radius 1 is 0.511 bits per heavy atom. The van der Waals surface area contributed by atoms with E-state index < -0.39 is 110 Å². The molecule has 0 aromatic carbocycles. The Kier molecular flexibility index (Phi) is 13.8. The number of carbonyl (C=O) groups excluding carboxylic acids is 6. The van der Waals surface area contributed by atoms with Crippen LogP contribution in [0.2, 0.25) is 0 Å². The van der Waals surface area contributed by atoms with Gasteiger partial charge in [-0.05, 0) is 11.1 Å². The van der Waals surface area contributed by atoms with E-state index in [4.69, 9.17) is 53.7 Å². The van der Waals surface area contributed by atoms with Crippen molar-refractivity contribution in [2.45, 2.75) is 103 Å². The van der Waals surface area contributed by atoms with Gasteiger partial charge in [-0.1, -0.05) is 10.2 Å². The molecule has 0 amide bonds. The number of ether oxygens (including phenoxy) is 9. The van der Waals surface area contributed by atoms with Crippen LogP contribution < -0.4 is 0 Å². The van der Waals surface area contributed by atoms with E-state index in [0.717, 1.165) is 41.5 Å². The first kappa shape index (κ1) is 36.5. The van der Waals surface area contributed by atoms with Crippen molar-refractivity contribution < 1.29 is 71.4 Å². The summed E-state index contributed by atoms with van der Waals surface area (Å²) in [5, 5.41) is 6.85. The van der Waals surface area contributed by atoms with E-state index in [1.807, 2.05) is 0 Å². The minimum absolute atomic E-state index is 0.512. The van der Waals surface area contributed by atoms with Gasteiger partial charge < -0.3 is 42.6 Å². The van der Waals surface area contributed by atoms with Crippen molar-refractivity contribution in [3.63, 3.8) is 0 Å². The average Bonchev–Trinajstić information content (AvgIpc) is 2.91. The molecule has 5 unspecified atom stereocenters. The van der Waals surface area contributed by atoms with Gasteiger partial charge in [-0.3, -0.25) is 28.8 Å². The van der Waals surface area contributed by atoms with Crippen molar-refractivity contribution >= 4 is 35.8 Å². The summed E-state index contributed by atoms with van der Waals surface area (Å²) in [6.45, 7) is 5.10. The molecule has 2 aliphatic heterocycles. The molecule has 0 saturated carbocycles. The maximum Gasteiger partial charge on any atom is 0.303 e. The van der Waals surface area contributed by atoms with Crippen LogP contribution in [0, 0.1) is 0 Å². The summed E-state index contributed by atoms with van der Waals surface area (Å²) in [7, 11) is 0. The molecule has 0 radical (unpaired) electrons. The lowest BCUT2D eigenvalue weighted by Gasteiger charge is -2.48. The molecular weight excluding hydrogens is 612 g/mol. The fourth-order valence-electron chi connectivity index (χ4n) is 4.59. The van der Waals surface area contributed by atoms with Gasteiger partial charge in [0.15, 0.2) is 36.6 Å². The lowest BCUT2D eigenvalue weighted by Crippen LogP contribution is -2.66. The van der Waals surface area contributed by atoms with Crippen molar-refractivity contribution in [2.24, 2.45) is 10.2 Å².